The number of amides is 1. The molecule has 0 spiro atoms. The van der Waals surface area contributed by atoms with Crippen LogP contribution >= 0.6 is 0 Å². The van der Waals surface area contributed by atoms with E-state index in [-0.39, 0.29) is 18.6 Å². The van der Waals surface area contributed by atoms with Gasteiger partial charge in [-0.3, -0.25) is 4.79 Å². The molecule has 2 heterocycles. The van der Waals surface area contributed by atoms with E-state index in [4.69, 9.17) is 4.74 Å². The maximum atomic E-state index is 12.6. The molecule has 1 fully saturated rings. The normalized spacial score (nSPS) is 17.8. The number of hydrogen-bond acceptors (Lipinski definition) is 4. The van der Waals surface area contributed by atoms with Crippen LogP contribution in [-0.4, -0.2) is 24.5 Å². The monoisotopic (exact) mass is 372 g/mol. The standard InChI is InChI=1S/C23H20N2O3/c26-22-21-9-4-12-25(21)20-11-10-16(13-19(20)24-22)23(27)28-14-17-7-3-6-15-5-1-2-8-18(15)17/h1-3,5-8,10-11,13,21H,4,9,12,14H2,(H,24,26)/t21-/m0/s1. The topological polar surface area (TPSA) is 58.6 Å². The van der Waals surface area contributed by atoms with Crippen molar-refractivity contribution in [1.29, 1.82) is 0 Å². The molecule has 0 saturated carbocycles. The number of esters is 1. The van der Waals surface area contributed by atoms with Crippen molar-refractivity contribution in [3.8, 4) is 0 Å². The summed E-state index contributed by atoms with van der Waals surface area (Å²) in [7, 11) is 0. The lowest BCUT2D eigenvalue weighted by Gasteiger charge is -2.33. The van der Waals surface area contributed by atoms with E-state index in [9.17, 15) is 9.59 Å². The number of hydrogen-bond donors (Lipinski definition) is 1. The van der Waals surface area contributed by atoms with E-state index in [1.54, 1.807) is 12.1 Å². The molecule has 5 heteroatoms. The van der Waals surface area contributed by atoms with Crippen LogP contribution in [0.1, 0.15) is 28.8 Å². The van der Waals surface area contributed by atoms with Crippen molar-refractivity contribution in [3.63, 3.8) is 0 Å². The molecule has 2 aliphatic heterocycles. The zero-order valence-electron chi connectivity index (χ0n) is 15.4. The average Bonchev–Trinajstić information content (AvgIpc) is 3.22. The van der Waals surface area contributed by atoms with Gasteiger partial charge in [0.1, 0.15) is 12.6 Å². The summed E-state index contributed by atoms with van der Waals surface area (Å²) in [6.45, 7) is 1.08. The molecule has 3 aromatic carbocycles. The molecule has 0 aliphatic carbocycles. The molecule has 140 valence electrons. The summed E-state index contributed by atoms with van der Waals surface area (Å²) in [5, 5.41) is 5.13. The minimum absolute atomic E-state index is 0.00581. The van der Waals surface area contributed by atoms with Gasteiger partial charge in [-0.1, -0.05) is 42.5 Å². The van der Waals surface area contributed by atoms with E-state index >= 15 is 0 Å². The van der Waals surface area contributed by atoms with E-state index < -0.39 is 5.97 Å². The summed E-state index contributed by atoms with van der Waals surface area (Å²) in [4.78, 5) is 27.0. The molecular formula is C23H20N2O3. The van der Waals surface area contributed by atoms with Gasteiger partial charge in [0.2, 0.25) is 5.91 Å². The fraction of sp³-hybridized carbons (Fsp3) is 0.217. The number of carbonyl (C=O) groups is 2. The molecule has 0 unspecified atom stereocenters. The van der Waals surface area contributed by atoms with Crippen molar-refractivity contribution >= 4 is 34.0 Å². The Morgan fingerprint density at radius 3 is 2.89 bits per heavy atom. The van der Waals surface area contributed by atoms with Gasteiger partial charge < -0.3 is 15.0 Å². The molecule has 3 aromatic rings. The molecular weight excluding hydrogens is 352 g/mol. The van der Waals surface area contributed by atoms with Crippen molar-refractivity contribution in [1.82, 2.24) is 0 Å². The van der Waals surface area contributed by atoms with Crippen LogP contribution in [0.25, 0.3) is 10.8 Å². The van der Waals surface area contributed by atoms with Crippen molar-refractivity contribution in [3.05, 3.63) is 71.8 Å². The molecule has 1 N–H and O–H groups in total. The summed E-state index contributed by atoms with van der Waals surface area (Å²) in [6.07, 6.45) is 1.88. The van der Waals surface area contributed by atoms with E-state index in [1.165, 1.54) is 0 Å². The number of carbonyl (C=O) groups excluding carboxylic acids is 2. The second-order valence-electron chi connectivity index (χ2n) is 7.29. The van der Waals surface area contributed by atoms with Gasteiger partial charge in [-0.25, -0.2) is 4.79 Å². The first kappa shape index (κ1) is 16.8. The number of ether oxygens (including phenoxy) is 1. The van der Waals surface area contributed by atoms with Gasteiger partial charge in [0.15, 0.2) is 0 Å². The Labute approximate surface area is 162 Å². The van der Waals surface area contributed by atoms with Gasteiger partial charge in [0, 0.05) is 6.54 Å². The van der Waals surface area contributed by atoms with Gasteiger partial charge in [-0.05, 0) is 47.4 Å². The van der Waals surface area contributed by atoms with Crippen LogP contribution in [0, 0.1) is 0 Å². The molecule has 1 atom stereocenters. The minimum Gasteiger partial charge on any atom is -0.457 e. The molecule has 2 aliphatic rings. The Balaban J connectivity index is 1.36. The second-order valence-corrected chi connectivity index (χ2v) is 7.29. The third-order valence-electron chi connectivity index (χ3n) is 5.59. The Bertz CT molecular complexity index is 1090. The molecule has 1 amide bonds. The quantitative estimate of drug-likeness (QED) is 0.703. The second kappa shape index (κ2) is 6.68. The van der Waals surface area contributed by atoms with E-state index in [2.05, 4.69) is 10.2 Å². The highest BCUT2D eigenvalue weighted by Crippen LogP contribution is 2.37. The van der Waals surface area contributed by atoms with Crippen LogP contribution in [0.3, 0.4) is 0 Å². The fourth-order valence-electron chi connectivity index (χ4n) is 4.20. The fourth-order valence-corrected chi connectivity index (χ4v) is 4.20. The summed E-state index contributed by atoms with van der Waals surface area (Å²) < 4.78 is 5.56. The van der Waals surface area contributed by atoms with Crippen LogP contribution in [0.4, 0.5) is 11.4 Å². The maximum absolute atomic E-state index is 12.6. The number of nitrogens with zero attached hydrogens (tertiary/aromatic N) is 1. The van der Waals surface area contributed by atoms with E-state index in [1.807, 2.05) is 48.5 Å². The third-order valence-corrected chi connectivity index (χ3v) is 5.59. The molecule has 0 aromatic heterocycles. The smallest absolute Gasteiger partial charge is 0.338 e. The van der Waals surface area contributed by atoms with Crippen molar-refractivity contribution < 1.29 is 14.3 Å². The third kappa shape index (κ3) is 2.80. The largest absolute Gasteiger partial charge is 0.457 e. The molecule has 0 radical (unpaired) electrons. The Morgan fingerprint density at radius 2 is 1.96 bits per heavy atom. The van der Waals surface area contributed by atoms with Crippen LogP contribution in [0.5, 0.6) is 0 Å². The summed E-state index contributed by atoms with van der Waals surface area (Å²) in [5.41, 5.74) is 3.07. The summed E-state index contributed by atoms with van der Waals surface area (Å²) in [6, 6.07) is 19.3. The van der Waals surface area contributed by atoms with Gasteiger partial charge in [-0.15, -0.1) is 0 Å². The predicted molar refractivity (Wildman–Crippen MR) is 109 cm³/mol. The highest BCUT2D eigenvalue weighted by molar-refractivity contribution is 6.05. The maximum Gasteiger partial charge on any atom is 0.338 e. The lowest BCUT2D eigenvalue weighted by atomic mass is 10.1. The highest BCUT2D eigenvalue weighted by atomic mass is 16.5. The number of rotatable bonds is 3. The molecule has 1 saturated heterocycles. The number of nitrogens with one attached hydrogen (secondary N) is 1. The Hall–Kier alpha value is -3.34. The van der Waals surface area contributed by atoms with Gasteiger partial charge in [0.05, 0.1) is 16.9 Å². The van der Waals surface area contributed by atoms with Crippen molar-refractivity contribution in [2.45, 2.75) is 25.5 Å². The molecule has 5 rings (SSSR count). The van der Waals surface area contributed by atoms with Gasteiger partial charge >= 0.3 is 5.97 Å². The lowest BCUT2D eigenvalue weighted by Crippen LogP contribution is -2.43. The van der Waals surface area contributed by atoms with Gasteiger partial charge in [0.25, 0.3) is 0 Å². The zero-order chi connectivity index (χ0) is 19.1. The zero-order valence-corrected chi connectivity index (χ0v) is 15.4. The number of benzene rings is 3. The number of fused-ring (bicyclic) bond motifs is 4. The Morgan fingerprint density at radius 1 is 1.11 bits per heavy atom. The number of anilines is 2. The predicted octanol–water partition coefficient (Wildman–Crippen LogP) is 4.12. The summed E-state index contributed by atoms with van der Waals surface area (Å²) in [5.74, 6) is -0.389. The first-order valence-corrected chi connectivity index (χ1v) is 9.56. The van der Waals surface area contributed by atoms with Gasteiger partial charge in [-0.2, -0.15) is 0 Å². The van der Waals surface area contributed by atoms with Crippen LogP contribution in [-0.2, 0) is 16.1 Å². The lowest BCUT2D eigenvalue weighted by molar-refractivity contribution is -0.117. The van der Waals surface area contributed by atoms with Crippen LogP contribution < -0.4 is 10.2 Å². The first-order valence-electron chi connectivity index (χ1n) is 9.56. The molecule has 5 nitrogen and oxygen atoms in total. The van der Waals surface area contributed by atoms with Crippen molar-refractivity contribution in [2.24, 2.45) is 0 Å². The van der Waals surface area contributed by atoms with E-state index in [0.29, 0.717) is 11.3 Å². The highest BCUT2D eigenvalue weighted by Gasteiger charge is 2.36. The first-order chi connectivity index (χ1) is 13.7. The SMILES string of the molecule is O=C(OCc1cccc2ccccc12)c1ccc2c(c1)NC(=O)[C@@H]1CCCN21. The Kier molecular flexibility index (Phi) is 4.01. The average molecular weight is 372 g/mol. The summed E-state index contributed by atoms with van der Waals surface area (Å²) >= 11 is 0. The van der Waals surface area contributed by atoms with Crippen LogP contribution in [0.15, 0.2) is 60.7 Å². The van der Waals surface area contributed by atoms with Crippen molar-refractivity contribution in [2.75, 3.05) is 16.8 Å². The van der Waals surface area contributed by atoms with Crippen LogP contribution in [0.2, 0.25) is 0 Å². The van der Waals surface area contributed by atoms with E-state index in [0.717, 1.165) is 41.4 Å². The molecule has 0 bridgehead atoms. The minimum atomic E-state index is -0.395. The molecule has 28 heavy (non-hydrogen) atoms.